The number of aliphatic imine (C=N–C) groups is 1. The van der Waals surface area contributed by atoms with E-state index >= 15 is 0 Å². The van der Waals surface area contributed by atoms with Gasteiger partial charge in [-0.2, -0.15) is 0 Å². The number of thioether (sulfide) groups is 2. The Labute approximate surface area is 165 Å². The van der Waals surface area contributed by atoms with Crippen molar-refractivity contribution in [2.24, 2.45) is 4.99 Å². The van der Waals surface area contributed by atoms with Gasteiger partial charge >= 0.3 is 0 Å². The highest BCUT2D eigenvalue weighted by Crippen LogP contribution is 2.33. The molecule has 1 heterocycles. The molecule has 3 rings (SSSR count). The summed E-state index contributed by atoms with van der Waals surface area (Å²) in [5.41, 5.74) is 2.36. The average molecular weight is 404 g/mol. The van der Waals surface area contributed by atoms with E-state index in [1.807, 2.05) is 61.9 Å². The first-order valence-corrected chi connectivity index (χ1v) is 11.2. The third-order valence-electron chi connectivity index (χ3n) is 3.91. The Balaban J connectivity index is 1.85. The molecule has 0 aliphatic rings. The first-order chi connectivity index (χ1) is 12.6. The van der Waals surface area contributed by atoms with Crippen LogP contribution in [0.1, 0.15) is 23.4 Å². The Hall–Kier alpha value is -1.70. The van der Waals surface area contributed by atoms with E-state index in [1.54, 1.807) is 29.6 Å². The van der Waals surface area contributed by atoms with Crippen LogP contribution >= 0.6 is 34.9 Å². The summed E-state index contributed by atoms with van der Waals surface area (Å²) in [7, 11) is 0. The summed E-state index contributed by atoms with van der Waals surface area (Å²) in [6.45, 7) is 2.01. The Morgan fingerprint density at radius 1 is 1.08 bits per heavy atom. The molecule has 1 atom stereocenters. The normalized spacial score (nSPS) is 12.0. The summed E-state index contributed by atoms with van der Waals surface area (Å²) >= 11 is 4.61. The summed E-state index contributed by atoms with van der Waals surface area (Å²) in [5.74, 6) is -0.266. The van der Waals surface area contributed by atoms with Crippen LogP contribution in [0.2, 0.25) is 0 Å². The van der Waals surface area contributed by atoms with Crippen LogP contribution in [0.4, 0.5) is 9.52 Å². The number of nitrogens with zero attached hydrogens (tertiary/aromatic N) is 3. The second-order valence-electron chi connectivity index (χ2n) is 5.54. The Morgan fingerprint density at radius 2 is 1.81 bits per heavy atom. The number of hydrogen-bond donors (Lipinski definition) is 0. The van der Waals surface area contributed by atoms with Gasteiger partial charge < -0.3 is 0 Å². The molecule has 0 fully saturated rings. The molecule has 2 aromatic carbocycles. The first kappa shape index (κ1) is 19.1. The second-order valence-corrected chi connectivity index (χ2v) is 8.37. The minimum Gasteiger partial charge on any atom is -0.206 e. The largest absolute Gasteiger partial charge is 0.233 e. The summed E-state index contributed by atoms with van der Waals surface area (Å²) in [4.78, 5) is 4.48. The van der Waals surface area contributed by atoms with Gasteiger partial charge in [-0.25, -0.2) is 9.38 Å². The van der Waals surface area contributed by atoms with Crippen LogP contribution in [0.3, 0.4) is 0 Å². The first-order valence-electron chi connectivity index (χ1n) is 7.97. The molecule has 7 heteroatoms. The molecule has 0 aliphatic heterocycles. The minimum absolute atomic E-state index is 0.0391. The van der Waals surface area contributed by atoms with Crippen molar-refractivity contribution in [3.05, 3.63) is 64.9 Å². The lowest BCUT2D eigenvalue weighted by Gasteiger charge is -2.10. The molecule has 26 heavy (non-hydrogen) atoms. The van der Waals surface area contributed by atoms with Gasteiger partial charge in [0.2, 0.25) is 5.13 Å². The van der Waals surface area contributed by atoms with Gasteiger partial charge in [0, 0.05) is 11.5 Å². The topological polar surface area (TPSA) is 38.1 Å². The van der Waals surface area contributed by atoms with Crippen molar-refractivity contribution in [2.75, 3.05) is 12.5 Å². The molecule has 0 amide bonds. The second kappa shape index (κ2) is 8.79. The SMILES string of the molecule is CSC(=Nc1nnc(C(C)c2ccc(-c3ccccc3)c(F)c2)s1)SC. The third kappa shape index (κ3) is 4.34. The molecule has 0 saturated carbocycles. The Morgan fingerprint density at radius 3 is 2.46 bits per heavy atom. The van der Waals surface area contributed by atoms with Gasteiger partial charge in [-0.05, 0) is 29.7 Å². The van der Waals surface area contributed by atoms with Crippen molar-refractivity contribution in [1.29, 1.82) is 0 Å². The Bertz CT molecular complexity index is 903. The van der Waals surface area contributed by atoms with Crippen LogP contribution in [0, 0.1) is 5.82 Å². The fourth-order valence-corrected chi connectivity index (χ4v) is 4.43. The molecule has 1 unspecified atom stereocenters. The van der Waals surface area contributed by atoms with E-state index in [-0.39, 0.29) is 11.7 Å². The standard InChI is InChI=1S/C19H18FN3S3/c1-12(17-22-23-18(26-17)21-19(24-2)25-3)14-9-10-15(16(20)11-14)13-7-5-4-6-8-13/h4-12H,1-3H3. The van der Waals surface area contributed by atoms with Crippen molar-refractivity contribution in [3.63, 3.8) is 0 Å². The lowest BCUT2D eigenvalue weighted by atomic mass is 9.97. The summed E-state index contributed by atoms with van der Waals surface area (Å²) in [6.07, 6.45) is 3.97. The molecule has 3 aromatic rings. The van der Waals surface area contributed by atoms with E-state index in [1.165, 1.54) is 11.3 Å². The number of benzene rings is 2. The van der Waals surface area contributed by atoms with Gasteiger partial charge in [-0.3, -0.25) is 0 Å². The van der Waals surface area contributed by atoms with Gasteiger partial charge in [0.15, 0.2) is 0 Å². The maximum absolute atomic E-state index is 14.6. The van der Waals surface area contributed by atoms with Gasteiger partial charge in [-0.15, -0.1) is 33.7 Å². The number of aromatic nitrogens is 2. The maximum Gasteiger partial charge on any atom is 0.233 e. The third-order valence-corrected chi connectivity index (χ3v) is 6.80. The van der Waals surface area contributed by atoms with Crippen LogP contribution in [0.5, 0.6) is 0 Å². The summed E-state index contributed by atoms with van der Waals surface area (Å²) in [5, 5.41) is 9.85. The Kier molecular flexibility index (Phi) is 6.45. The molecule has 0 N–H and O–H groups in total. The highest BCUT2D eigenvalue weighted by molar-refractivity contribution is 8.38. The van der Waals surface area contributed by atoms with Crippen molar-refractivity contribution >= 4 is 44.4 Å². The number of rotatable bonds is 4. The van der Waals surface area contributed by atoms with E-state index in [0.29, 0.717) is 10.7 Å². The fourth-order valence-electron chi connectivity index (χ4n) is 2.49. The predicted octanol–water partition coefficient (Wildman–Crippen LogP) is 6.21. The molecular formula is C19H18FN3S3. The lowest BCUT2D eigenvalue weighted by Crippen LogP contribution is -1.97. The van der Waals surface area contributed by atoms with Crippen LogP contribution in [-0.2, 0) is 0 Å². The van der Waals surface area contributed by atoms with Crippen molar-refractivity contribution in [3.8, 4) is 11.1 Å². The highest BCUT2D eigenvalue weighted by Gasteiger charge is 2.16. The van der Waals surface area contributed by atoms with E-state index in [4.69, 9.17) is 0 Å². The molecule has 134 valence electrons. The van der Waals surface area contributed by atoms with Crippen LogP contribution in [0.15, 0.2) is 53.5 Å². The highest BCUT2D eigenvalue weighted by atomic mass is 32.2. The zero-order valence-electron chi connectivity index (χ0n) is 14.6. The van der Waals surface area contributed by atoms with Crippen LogP contribution in [-0.4, -0.2) is 27.1 Å². The van der Waals surface area contributed by atoms with E-state index in [0.717, 1.165) is 20.5 Å². The van der Waals surface area contributed by atoms with Gasteiger partial charge in [0.1, 0.15) is 15.2 Å². The zero-order valence-corrected chi connectivity index (χ0v) is 17.1. The zero-order chi connectivity index (χ0) is 18.5. The van der Waals surface area contributed by atoms with E-state index in [9.17, 15) is 4.39 Å². The van der Waals surface area contributed by atoms with Crippen molar-refractivity contribution in [2.45, 2.75) is 12.8 Å². The number of halogens is 1. The molecule has 0 radical (unpaired) electrons. The lowest BCUT2D eigenvalue weighted by molar-refractivity contribution is 0.627. The predicted molar refractivity (Wildman–Crippen MR) is 113 cm³/mol. The van der Waals surface area contributed by atoms with Gasteiger partial charge in [0.25, 0.3) is 0 Å². The van der Waals surface area contributed by atoms with E-state index < -0.39 is 0 Å². The molecule has 0 aliphatic carbocycles. The summed E-state index contributed by atoms with van der Waals surface area (Å²) in [6, 6.07) is 14.9. The molecule has 0 saturated heterocycles. The van der Waals surface area contributed by atoms with Crippen molar-refractivity contribution in [1.82, 2.24) is 10.2 Å². The van der Waals surface area contributed by atoms with Gasteiger partial charge in [-0.1, -0.05) is 60.7 Å². The molecule has 0 spiro atoms. The number of hydrogen-bond acceptors (Lipinski definition) is 6. The monoisotopic (exact) mass is 403 g/mol. The maximum atomic E-state index is 14.6. The molecule has 1 aromatic heterocycles. The molecular weight excluding hydrogens is 385 g/mol. The summed E-state index contributed by atoms with van der Waals surface area (Å²) < 4.78 is 15.6. The molecule has 3 nitrogen and oxygen atoms in total. The quantitative estimate of drug-likeness (QED) is 0.383. The minimum atomic E-state index is -0.227. The van der Waals surface area contributed by atoms with Crippen LogP contribution < -0.4 is 0 Å². The van der Waals surface area contributed by atoms with Gasteiger partial charge in [0.05, 0.1) is 0 Å². The smallest absolute Gasteiger partial charge is 0.206 e. The van der Waals surface area contributed by atoms with Crippen LogP contribution in [0.25, 0.3) is 11.1 Å². The van der Waals surface area contributed by atoms with Crippen molar-refractivity contribution < 1.29 is 4.39 Å². The fraction of sp³-hybridized carbons (Fsp3) is 0.211. The molecule has 0 bridgehead atoms. The average Bonchev–Trinajstić information content (AvgIpc) is 3.14. The van der Waals surface area contributed by atoms with E-state index in [2.05, 4.69) is 15.2 Å².